The molecule has 36 heavy (non-hydrogen) atoms. The van der Waals surface area contributed by atoms with Crippen molar-refractivity contribution in [1.29, 1.82) is 5.26 Å². The van der Waals surface area contributed by atoms with E-state index in [-0.39, 0.29) is 46.5 Å². The number of alkyl halides is 3. The summed E-state index contributed by atoms with van der Waals surface area (Å²) in [6, 6.07) is 13.3. The molecule has 0 aliphatic carbocycles. The van der Waals surface area contributed by atoms with Gasteiger partial charge in [0, 0.05) is 11.1 Å². The van der Waals surface area contributed by atoms with E-state index in [0.717, 1.165) is 12.1 Å². The second kappa shape index (κ2) is 11.0. The highest BCUT2D eigenvalue weighted by atomic mass is 19.4. The predicted octanol–water partition coefficient (Wildman–Crippen LogP) is 4.22. The zero-order chi connectivity index (χ0) is 26.3. The van der Waals surface area contributed by atoms with Gasteiger partial charge in [0.1, 0.15) is 24.2 Å². The fourth-order valence-electron chi connectivity index (χ4n) is 2.92. The van der Waals surface area contributed by atoms with E-state index in [2.05, 4.69) is 15.3 Å². The Labute approximate surface area is 202 Å². The third-order valence-corrected chi connectivity index (χ3v) is 4.58. The van der Waals surface area contributed by atoms with Gasteiger partial charge in [0.05, 0.1) is 18.9 Å². The van der Waals surface area contributed by atoms with Crippen LogP contribution in [0.2, 0.25) is 0 Å². The van der Waals surface area contributed by atoms with E-state index in [1.165, 1.54) is 55.8 Å². The summed E-state index contributed by atoms with van der Waals surface area (Å²) >= 11 is 0. The minimum Gasteiger partial charge on any atom is -0.507 e. The van der Waals surface area contributed by atoms with Crippen molar-refractivity contribution in [3.63, 3.8) is 0 Å². The number of nitrogens with one attached hydrogen (secondary N) is 1. The van der Waals surface area contributed by atoms with E-state index >= 15 is 0 Å². The van der Waals surface area contributed by atoms with Gasteiger partial charge in [-0.2, -0.15) is 10.4 Å². The van der Waals surface area contributed by atoms with E-state index in [4.69, 9.17) is 14.7 Å². The topological polar surface area (TPSA) is 133 Å². The number of aromatic hydroxyl groups is 2. The van der Waals surface area contributed by atoms with Crippen molar-refractivity contribution in [3.8, 4) is 34.8 Å². The minimum absolute atomic E-state index is 0.0116. The van der Waals surface area contributed by atoms with E-state index in [0.29, 0.717) is 11.1 Å². The highest BCUT2D eigenvalue weighted by Gasteiger charge is 2.31. The third-order valence-electron chi connectivity index (χ3n) is 4.58. The number of carbonyl (C=O) groups excluding carboxylic acids is 1. The second-order valence-electron chi connectivity index (χ2n) is 7.09. The Morgan fingerprint density at radius 3 is 2.47 bits per heavy atom. The second-order valence-corrected chi connectivity index (χ2v) is 7.09. The largest absolute Gasteiger partial charge is 0.573 e. The number of ether oxygens (including phenoxy) is 3. The summed E-state index contributed by atoms with van der Waals surface area (Å²) in [5.74, 6) is -1.45. The summed E-state index contributed by atoms with van der Waals surface area (Å²) in [6.45, 7) is -0.0863. The van der Waals surface area contributed by atoms with Gasteiger partial charge in [-0.25, -0.2) is 5.43 Å². The molecule has 9 nitrogen and oxygen atoms in total. The lowest BCUT2D eigenvalue weighted by atomic mass is 10.1. The highest BCUT2D eigenvalue weighted by molar-refractivity contribution is 5.95. The minimum atomic E-state index is -4.79. The van der Waals surface area contributed by atoms with Crippen LogP contribution in [0.4, 0.5) is 13.2 Å². The summed E-state index contributed by atoms with van der Waals surface area (Å²) in [5, 5.41) is 32.6. The first-order valence-corrected chi connectivity index (χ1v) is 10.0. The molecule has 0 bridgehead atoms. The number of phenols is 2. The van der Waals surface area contributed by atoms with E-state index in [9.17, 15) is 28.2 Å². The molecule has 3 rings (SSSR count). The summed E-state index contributed by atoms with van der Waals surface area (Å²) in [7, 11) is 1.34. The Morgan fingerprint density at radius 1 is 1.11 bits per heavy atom. The van der Waals surface area contributed by atoms with Crippen molar-refractivity contribution >= 4 is 12.1 Å². The molecular weight excluding hydrogens is 483 g/mol. The van der Waals surface area contributed by atoms with Crippen LogP contribution in [0.5, 0.6) is 28.7 Å². The maximum Gasteiger partial charge on any atom is 0.573 e. The summed E-state index contributed by atoms with van der Waals surface area (Å²) in [6.07, 6.45) is -3.56. The first-order chi connectivity index (χ1) is 17.1. The van der Waals surface area contributed by atoms with Gasteiger partial charge in [-0.1, -0.05) is 12.1 Å². The lowest BCUT2D eigenvalue weighted by Crippen LogP contribution is -2.17. The number of carbonyl (C=O) groups is 1. The smallest absolute Gasteiger partial charge is 0.507 e. The van der Waals surface area contributed by atoms with Gasteiger partial charge in [-0.05, 0) is 48.0 Å². The molecule has 0 saturated heterocycles. The monoisotopic (exact) mass is 501 g/mol. The molecule has 0 aliphatic heterocycles. The van der Waals surface area contributed by atoms with Crippen molar-refractivity contribution in [3.05, 3.63) is 76.9 Å². The molecule has 0 aromatic heterocycles. The number of hydrazone groups is 1. The van der Waals surface area contributed by atoms with Gasteiger partial charge in [-0.15, -0.1) is 13.2 Å². The van der Waals surface area contributed by atoms with Gasteiger partial charge >= 0.3 is 6.36 Å². The van der Waals surface area contributed by atoms with Crippen LogP contribution in [0.3, 0.4) is 0 Å². The first kappa shape index (κ1) is 25.7. The highest BCUT2D eigenvalue weighted by Crippen LogP contribution is 2.38. The molecule has 0 heterocycles. The molecule has 0 fully saturated rings. The zero-order valence-electron chi connectivity index (χ0n) is 18.5. The molecule has 3 aromatic rings. The van der Waals surface area contributed by atoms with Crippen LogP contribution < -0.4 is 19.6 Å². The van der Waals surface area contributed by atoms with Crippen molar-refractivity contribution < 1.29 is 42.4 Å². The number of nitrogens with zero attached hydrogens (tertiary/aromatic N) is 2. The number of benzene rings is 3. The Kier molecular flexibility index (Phi) is 7.85. The van der Waals surface area contributed by atoms with E-state index in [1.807, 2.05) is 0 Å². The lowest BCUT2D eigenvalue weighted by molar-refractivity contribution is -0.274. The molecule has 0 atom stereocenters. The molecule has 3 aromatic carbocycles. The van der Waals surface area contributed by atoms with Gasteiger partial charge in [0.15, 0.2) is 11.5 Å². The molecule has 1 amide bonds. The van der Waals surface area contributed by atoms with E-state index in [1.54, 1.807) is 6.07 Å². The predicted molar refractivity (Wildman–Crippen MR) is 120 cm³/mol. The SMILES string of the molecule is COc1cc(/C=N/NC(=O)c2ccc(O)c(C#N)c2)cc(O)c1OCc1ccc(OC(F)(F)F)cc1. The molecule has 0 aliphatic rings. The number of halogens is 3. The van der Waals surface area contributed by atoms with Gasteiger partial charge in [-0.3, -0.25) is 4.79 Å². The Bertz CT molecular complexity index is 1320. The normalized spacial score (nSPS) is 11.1. The maximum absolute atomic E-state index is 12.3. The van der Waals surface area contributed by atoms with Crippen LogP contribution in [0.15, 0.2) is 59.7 Å². The average Bonchev–Trinajstić information content (AvgIpc) is 2.83. The average molecular weight is 501 g/mol. The zero-order valence-corrected chi connectivity index (χ0v) is 18.5. The van der Waals surface area contributed by atoms with Crippen molar-refractivity contribution in [1.82, 2.24) is 5.43 Å². The number of nitriles is 1. The van der Waals surface area contributed by atoms with Crippen LogP contribution in [0.1, 0.15) is 27.0 Å². The summed E-state index contributed by atoms with van der Waals surface area (Å²) < 4.78 is 51.4. The molecule has 0 spiro atoms. The Morgan fingerprint density at radius 2 is 1.83 bits per heavy atom. The number of amides is 1. The Balaban J connectivity index is 1.66. The fourth-order valence-corrected chi connectivity index (χ4v) is 2.92. The number of hydrogen-bond donors (Lipinski definition) is 3. The number of phenolic OH excluding ortho intramolecular Hbond substituents is 2. The van der Waals surface area contributed by atoms with Gasteiger partial charge < -0.3 is 24.4 Å². The van der Waals surface area contributed by atoms with Crippen LogP contribution >= 0.6 is 0 Å². The first-order valence-electron chi connectivity index (χ1n) is 10.0. The number of hydrogen-bond acceptors (Lipinski definition) is 8. The molecule has 0 saturated carbocycles. The fraction of sp³-hybridized carbons (Fsp3) is 0.125. The maximum atomic E-state index is 12.3. The quantitative estimate of drug-likeness (QED) is 0.311. The third kappa shape index (κ3) is 6.80. The molecule has 3 N–H and O–H groups in total. The molecular formula is C24H18F3N3O6. The standard InChI is InChI=1S/C24H18F3N3O6/c1-34-21-9-15(12-29-30-23(33)16-4-7-19(31)17(10-16)11-28)8-20(32)22(21)35-13-14-2-5-18(6-3-14)36-24(25,26)27/h2-10,12,31-32H,13H2,1H3,(H,30,33)/b29-12+. The van der Waals surface area contributed by atoms with Gasteiger partial charge in [0.2, 0.25) is 5.75 Å². The van der Waals surface area contributed by atoms with E-state index < -0.39 is 12.3 Å². The van der Waals surface area contributed by atoms with Crippen LogP contribution in [-0.4, -0.2) is 35.8 Å². The molecule has 0 unspecified atom stereocenters. The van der Waals surface area contributed by atoms with Crippen molar-refractivity contribution in [2.45, 2.75) is 13.0 Å². The molecule has 12 heteroatoms. The van der Waals surface area contributed by atoms with Gasteiger partial charge in [0.25, 0.3) is 5.91 Å². The molecule has 0 radical (unpaired) electrons. The van der Waals surface area contributed by atoms with Crippen LogP contribution in [0.25, 0.3) is 0 Å². The van der Waals surface area contributed by atoms with Crippen LogP contribution in [0, 0.1) is 11.3 Å². The van der Waals surface area contributed by atoms with Crippen molar-refractivity contribution in [2.24, 2.45) is 5.10 Å². The van der Waals surface area contributed by atoms with Crippen LogP contribution in [-0.2, 0) is 6.61 Å². The lowest BCUT2D eigenvalue weighted by Gasteiger charge is -2.14. The van der Waals surface area contributed by atoms with Crippen molar-refractivity contribution in [2.75, 3.05) is 7.11 Å². The summed E-state index contributed by atoms with van der Waals surface area (Å²) in [5.41, 5.74) is 3.14. The summed E-state index contributed by atoms with van der Waals surface area (Å²) in [4.78, 5) is 12.2. The number of rotatable bonds is 8. The number of methoxy groups -OCH3 is 1. The molecule has 186 valence electrons. The Hall–Kier alpha value is -4.92.